The largest absolute Gasteiger partial charge is 0.508 e. The van der Waals surface area contributed by atoms with E-state index in [-0.39, 0.29) is 66.8 Å². The van der Waals surface area contributed by atoms with Crippen molar-refractivity contribution in [1.82, 2.24) is 0 Å². The van der Waals surface area contributed by atoms with Gasteiger partial charge in [0.05, 0.1) is 18.9 Å². The number of aliphatic hydroxyl groups is 2. The van der Waals surface area contributed by atoms with Crippen LogP contribution < -0.4 is 4.74 Å². The van der Waals surface area contributed by atoms with Crippen LogP contribution in [0.3, 0.4) is 0 Å². The van der Waals surface area contributed by atoms with Crippen molar-refractivity contribution in [3.05, 3.63) is 82.5 Å². The lowest BCUT2D eigenvalue weighted by Gasteiger charge is -2.56. The first-order valence-corrected chi connectivity index (χ1v) is 16.2. The second-order valence-electron chi connectivity index (χ2n) is 13.5. The summed E-state index contributed by atoms with van der Waals surface area (Å²) < 4.78 is 11.9. The first kappa shape index (κ1) is 30.5. The number of phenolic OH excluding ortho intramolecular Hbond substituents is 1. The number of hydrogen-bond donors (Lipinski definition) is 3. The molecule has 0 spiro atoms. The van der Waals surface area contributed by atoms with Gasteiger partial charge in [0, 0.05) is 48.3 Å². The average molecular weight is 623 g/mol. The quantitative estimate of drug-likeness (QED) is 0.147. The Morgan fingerprint density at radius 2 is 1.78 bits per heavy atom. The molecule has 3 N–H and O–H groups in total. The van der Waals surface area contributed by atoms with Crippen LogP contribution in [-0.4, -0.2) is 44.7 Å². The molecule has 0 aromatic heterocycles. The zero-order valence-corrected chi connectivity index (χ0v) is 25.8. The molecule has 2 heterocycles. The number of cyclic esters (lactones) is 1. The standard InChI is InChI=1S/C38H38O8/c1-2-22-13-25(24-5-3-4-21(12-24)20-39)7-8-26-17-35(42)45-33-19-32(41)28(15-30(26)33)16-34(46-37(22)43)38(44)11-10-23-6-9-27-14-29(40)18-31(23)36(27)38/h2-6,9,12,15,19,23,25-27,31,34,36,39,41,44H,10-11,13-14,16-18,20H2,1H3/b22-2-/t23-,25-,26-,27-,31-,34+,36-,38+/m0/s1. The predicted molar refractivity (Wildman–Crippen MR) is 167 cm³/mol. The molecule has 2 fully saturated rings. The third kappa shape index (κ3) is 5.36. The topological polar surface area (TPSA) is 130 Å². The van der Waals surface area contributed by atoms with Crippen LogP contribution in [0.5, 0.6) is 11.5 Å². The molecule has 0 radical (unpaired) electrons. The number of hydrogen-bond acceptors (Lipinski definition) is 8. The number of ether oxygens (including phenoxy) is 2. The fourth-order valence-corrected chi connectivity index (χ4v) is 8.56. The lowest BCUT2D eigenvalue weighted by molar-refractivity contribution is -0.199. The molecule has 7 rings (SSSR count). The Bertz CT molecular complexity index is 1730. The van der Waals surface area contributed by atoms with Gasteiger partial charge in [-0.3, -0.25) is 9.59 Å². The number of rotatable bonds is 3. The van der Waals surface area contributed by atoms with Crippen molar-refractivity contribution in [2.24, 2.45) is 23.7 Å². The van der Waals surface area contributed by atoms with Crippen molar-refractivity contribution >= 4 is 17.7 Å². The number of aliphatic hydroxyl groups excluding tert-OH is 1. The number of fused-ring (bicyclic) bond motifs is 1. The lowest BCUT2D eigenvalue weighted by Crippen LogP contribution is -2.62. The number of carbonyl (C=O) groups excluding carboxylic acids is 3. The zero-order valence-electron chi connectivity index (χ0n) is 25.8. The number of benzene rings is 2. The van der Waals surface area contributed by atoms with Gasteiger partial charge in [-0.05, 0) is 66.7 Å². The molecular weight excluding hydrogens is 584 g/mol. The van der Waals surface area contributed by atoms with Crippen molar-refractivity contribution < 1.29 is 39.2 Å². The summed E-state index contributed by atoms with van der Waals surface area (Å²) in [6.07, 6.45) is 6.99. The Kier molecular flexibility index (Phi) is 7.86. The minimum atomic E-state index is -1.44. The van der Waals surface area contributed by atoms with Gasteiger partial charge in [0.1, 0.15) is 29.0 Å². The number of carbonyl (C=O) groups is 3. The highest BCUT2D eigenvalue weighted by atomic mass is 16.6. The maximum absolute atomic E-state index is 14.1. The number of phenols is 1. The SMILES string of the molecule is C/C=C1/C[C@@H](c2cccc(CO)c2)C#C[C@H]2CC(=O)Oc3cc(O)c(cc32)C[C@H]([C@]2(O)CC[C@@H]3C=C[C@H]4CC(=O)C[C@@H]3[C@H]42)OC1=O. The van der Waals surface area contributed by atoms with Crippen molar-refractivity contribution in [1.29, 1.82) is 0 Å². The number of esters is 2. The van der Waals surface area contributed by atoms with Crippen LogP contribution in [0, 0.1) is 35.5 Å². The zero-order chi connectivity index (χ0) is 32.2. The van der Waals surface area contributed by atoms with E-state index in [1.54, 1.807) is 19.1 Å². The van der Waals surface area contributed by atoms with E-state index in [9.17, 15) is 29.7 Å². The summed E-state index contributed by atoms with van der Waals surface area (Å²) in [4.78, 5) is 39.4. The Balaban J connectivity index is 1.35. The first-order valence-electron chi connectivity index (χ1n) is 16.2. The van der Waals surface area contributed by atoms with E-state index in [0.717, 1.165) is 5.56 Å². The van der Waals surface area contributed by atoms with E-state index in [1.165, 1.54) is 6.07 Å². The van der Waals surface area contributed by atoms with E-state index in [0.29, 0.717) is 47.9 Å². The normalized spacial score (nSPS) is 34.3. The molecule has 2 aromatic carbocycles. The Morgan fingerprint density at radius 3 is 2.59 bits per heavy atom. The molecule has 3 aliphatic carbocycles. The van der Waals surface area contributed by atoms with Crippen LogP contribution in [0.4, 0.5) is 0 Å². The summed E-state index contributed by atoms with van der Waals surface area (Å²) in [6, 6.07) is 10.6. The monoisotopic (exact) mass is 622 g/mol. The maximum atomic E-state index is 14.1. The average Bonchev–Trinajstić information content (AvgIpc) is 3.04. The minimum Gasteiger partial charge on any atom is -0.508 e. The van der Waals surface area contributed by atoms with E-state index in [4.69, 9.17) is 9.47 Å². The predicted octanol–water partition coefficient (Wildman–Crippen LogP) is 4.79. The van der Waals surface area contributed by atoms with Crippen LogP contribution in [0.25, 0.3) is 0 Å². The molecule has 0 saturated heterocycles. The number of allylic oxidation sites excluding steroid dienone is 3. The van der Waals surface area contributed by atoms with Crippen LogP contribution in [0.1, 0.15) is 79.5 Å². The van der Waals surface area contributed by atoms with E-state index < -0.39 is 35.5 Å². The van der Waals surface area contributed by atoms with Gasteiger partial charge in [0.2, 0.25) is 0 Å². The second-order valence-corrected chi connectivity index (χ2v) is 13.5. The summed E-state index contributed by atoms with van der Waals surface area (Å²) in [5.74, 6) is 4.60. The first-order chi connectivity index (χ1) is 22.2. The van der Waals surface area contributed by atoms with Gasteiger partial charge < -0.3 is 24.8 Å². The third-order valence-electron chi connectivity index (χ3n) is 10.9. The number of aromatic hydroxyl groups is 1. The van der Waals surface area contributed by atoms with Crippen molar-refractivity contribution in [2.45, 2.75) is 82.0 Å². The van der Waals surface area contributed by atoms with E-state index >= 15 is 0 Å². The summed E-state index contributed by atoms with van der Waals surface area (Å²) >= 11 is 0. The molecule has 238 valence electrons. The fraction of sp³-hybridized carbons (Fsp3) is 0.447. The van der Waals surface area contributed by atoms with Crippen LogP contribution in [0.15, 0.2) is 60.2 Å². The number of ketones is 1. The van der Waals surface area contributed by atoms with Crippen molar-refractivity contribution in [3.8, 4) is 23.3 Å². The van der Waals surface area contributed by atoms with Gasteiger partial charge in [0.15, 0.2) is 0 Å². The summed E-state index contributed by atoms with van der Waals surface area (Å²) in [5.41, 5.74) is 1.57. The highest BCUT2D eigenvalue weighted by Crippen LogP contribution is 2.56. The summed E-state index contributed by atoms with van der Waals surface area (Å²) in [5, 5.41) is 33.7. The minimum absolute atomic E-state index is 0.0278. The van der Waals surface area contributed by atoms with E-state index in [2.05, 4.69) is 24.0 Å². The molecular formula is C38H38O8. The van der Waals surface area contributed by atoms with Gasteiger partial charge in [-0.25, -0.2) is 4.79 Å². The molecule has 6 bridgehead atoms. The van der Waals surface area contributed by atoms with Gasteiger partial charge >= 0.3 is 11.9 Å². The number of Topliss-reactive ketones (excluding diaryl/α,β-unsaturated/α-hetero) is 1. The molecule has 8 heteroatoms. The molecule has 5 aliphatic rings. The van der Waals surface area contributed by atoms with Gasteiger partial charge in [-0.2, -0.15) is 0 Å². The summed E-state index contributed by atoms with van der Waals surface area (Å²) in [7, 11) is 0. The van der Waals surface area contributed by atoms with Gasteiger partial charge in [0.25, 0.3) is 0 Å². The molecule has 2 aromatic rings. The molecule has 8 nitrogen and oxygen atoms in total. The van der Waals surface area contributed by atoms with Crippen LogP contribution in [0.2, 0.25) is 0 Å². The third-order valence-corrected chi connectivity index (χ3v) is 10.9. The highest BCUT2D eigenvalue weighted by molar-refractivity contribution is 5.89. The second kappa shape index (κ2) is 11.9. The lowest BCUT2D eigenvalue weighted by atomic mass is 9.51. The Morgan fingerprint density at radius 1 is 0.978 bits per heavy atom. The fourth-order valence-electron chi connectivity index (χ4n) is 8.56. The highest BCUT2D eigenvalue weighted by Gasteiger charge is 2.59. The van der Waals surface area contributed by atoms with E-state index in [1.807, 2.05) is 24.3 Å². The smallest absolute Gasteiger partial charge is 0.334 e. The van der Waals surface area contributed by atoms with Gasteiger partial charge in [-0.1, -0.05) is 54.3 Å². The molecule has 8 atom stereocenters. The van der Waals surface area contributed by atoms with Crippen molar-refractivity contribution in [3.63, 3.8) is 0 Å². The maximum Gasteiger partial charge on any atom is 0.334 e. The molecule has 0 amide bonds. The molecule has 2 saturated carbocycles. The van der Waals surface area contributed by atoms with Crippen LogP contribution in [-0.2, 0) is 32.1 Å². The summed E-state index contributed by atoms with van der Waals surface area (Å²) in [6.45, 7) is 1.62. The molecule has 46 heavy (non-hydrogen) atoms. The molecule has 0 unspecified atom stereocenters. The Labute approximate surface area is 268 Å². The Hall–Kier alpha value is -4.19. The van der Waals surface area contributed by atoms with Crippen molar-refractivity contribution in [2.75, 3.05) is 0 Å². The van der Waals surface area contributed by atoms with Gasteiger partial charge in [-0.15, -0.1) is 0 Å². The molecule has 2 aliphatic heterocycles. The van der Waals surface area contributed by atoms with Crippen LogP contribution >= 0.6 is 0 Å².